The van der Waals surface area contributed by atoms with Gasteiger partial charge in [0.05, 0.1) is 20.1 Å². The summed E-state index contributed by atoms with van der Waals surface area (Å²) in [5.41, 5.74) is 0.953. The van der Waals surface area contributed by atoms with Crippen molar-refractivity contribution in [2.45, 2.75) is 18.5 Å². The molecule has 2 aromatic heterocycles. The van der Waals surface area contributed by atoms with Crippen LogP contribution in [-0.2, 0) is 11.2 Å². The minimum Gasteiger partial charge on any atom is -0.356 e. The van der Waals surface area contributed by atoms with E-state index in [4.69, 9.17) is 0 Å². The molecule has 0 aliphatic heterocycles. The molecule has 1 N–H and O–H groups in total. The van der Waals surface area contributed by atoms with Gasteiger partial charge in [0.25, 0.3) is 0 Å². The maximum Gasteiger partial charge on any atom is 0.216 e. The molecule has 0 aliphatic rings. The Morgan fingerprint density at radius 2 is 1.90 bits per heavy atom. The number of nitrogens with one attached hydrogen (secondary N) is 1. The Morgan fingerprint density at radius 3 is 2.68 bits per heavy atom. The van der Waals surface area contributed by atoms with Gasteiger partial charge in [0.2, 0.25) is 5.91 Å². The SMILES string of the molecule is CC(=O)NCCc1nnc(SCC(=O)c2ccc(Br)s2)n1-c1cccc2ccccc12. The molecule has 0 saturated carbocycles. The summed E-state index contributed by atoms with van der Waals surface area (Å²) in [7, 11) is 0. The van der Waals surface area contributed by atoms with Crippen molar-refractivity contribution >= 4 is 61.5 Å². The minimum atomic E-state index is -0.0847. The summed E-state index contributed by atoms with van der Waals surface area (Å²) in [4.78, 5) is 24.6. The molecule has 158 valence electrons. The molecule has 1 amide bonds. The lowest BCUT2D eigenvalue weighted by Gasteiger charge is -2.13. The van der Waals surface area contributed by atoms with Gasteiger partial charge in [-0.05, 0) is 39.5 Å². The fourth-order valence-corrected chi connectivity index (χ4v) is 5.48. The Bertz CT molecular complexity index is 1250. The molecule has 0 spiro atoms. The van der Waals surface area contributed by atoms with E-state index in [1.54, 1.807) is 0 Å². The van der Waals surface area contributed by atoms with E-state index in [-0.39, 0.29) is 17.4 Å². The van der Waals surface area contributed by atoms with Crippen molar-refractivity contribution in [3.63, 3.8) is 0 Å². The van der Waals surface area contributed by atoms with Crippen LogP contribution in [0, 0.1) is 0 Å². The lowest BCUT2D eigenvalue weighted by Crippen LogP contribution is -2.23. The topological polar surface area (TPSA) is 76.9 Å². The highest BCUT2D eigenvalue weighted by molar-refractivity contribution is 9.11. The van der Waals surface area contributed by atoms with E-state index in [9.17, 15) is 9.59 Å². The zero-order chi connectivity index (χ0) is 21.8. The number of hydrogen-bond acceptors (Lipinski definition) is 6. The predicted octanol–water partition coefficient (Wildman–Crippen LogP) is 4.90. The third-order valence-electron chi connectivity index (χ3n) is 4.61. The second kappa shape index (κ2) is 9.76. The van der Waals surface area contributed by atoms with Crippen LogP contribution < -0.4 is 5.32 Å². The van der Waals surface area contributed by atoms with Gasteiger partial charge in [-0.1, -0.05) is 48.2 Å². The van der Waals surface area contributed by atoms with Crippen LogP contribution >= 0.6 is 39.0 Å². The third-order valence-corrected chi connectivity index (χ3v) is 7.20. The monoisotopic (exact) mass is 514 g/mol. The summed E-state index contributed by atoms with van der Waals surface area (Å²) in [6, 6.07) is 17.9. The second-order valence-corrected chi connectivity index (χ2v) is 10.2. The van der Waals surface area contributed by atoms with Crippen LogP contribution in [0.1, 0.15) is 22.4 Å². The summed E-state index contributed by atoms with van der Waals surface area (Å²) in [6.07, 6.45) is 0.530. The number of ketones is 1. The highest BCUT2D eigenvalue weighted by Crippen LogP contribution is 2.29. The van der Waals surface area contributed by atoms with E-state index in [0.717, 1.165) is 26.1 Å². The lowest BCUT2D eigenvalue weighted by molar-refractivity contribution is -0.118. The Hall–Kier alpha value is -2.49. The number of nitrogens with zero attached hydrogens (tertiary/aromatic N) is 3. The Kier molecular flexibility index (Phi) is 6.84. The number of halogens is 1. The molecule has 2 aromatic carbocycles. The summed E-state index contributed by atoms with van der Waals surface area (Å²) in [6.45, 7) is 1.95. The molecule has 0 saturated heterocycles. The van der Waals surface area contributed by atoms with Gasteiger partial charge in [0.15, 0.2) is 10.9 Å². The van der Waals surface area contributed by atoms with E-state index in [1.807, 2.05) is 41.0 Å². The lowest BCUT2D eigenvalue weighted by atomic mass is 10.1. The molecule has 0 bridgehead atoms. The Balaban J connectivity index is 1.67. The van der Waals surface area contributed by atoms with Gasteiger partial charge in [-0.2, -0.15) is 0 Å². The van der Waals surface area contributed by atoms with Crippen molar-refractivity contribution in [2.75, 3.05) is 12.3 Å². The number of Topliss-reactive ketones (excluding diaryl/α,β-unsaturated/α-hetero) is 1. The van der Waals surface area contributed by atoms with E-state index in [2.05, 4.69) is 49.6 Å². The number of hydrogen-bond donors (Lipinski definition) is 1. The number of amides is 1. The molecule has 0 fully saturated rings. The number of fused-ring (bicyclic) bond motifs is 1. The van der Waals surface area contributed by atoms with Crippen LogP contribution in [0.3, 0.4) is 0 Å². The normalized spacial score (nSPS) is 11.0. The smallest absolute Gasteiger partial charge is 0.216 e. The fourth-order valence-electron chi connectivity index (χ4n) is 3.22. The Morgan fingerprint density at radius 1 is 1.10 bits per heavy atom. The highest BCUT2D eigenvalue weighted by atomic mass is 79.9. The van der Waals surface area contributed by atoms with Crippen LogP contribution in [0.4, 0.5) is 0 Å². The summed E-state index contributed by atoms with van der Waals surface area (Å²) < 4.78 is 2.92. The molecule has 4 rings (SSSR count). The average molecular weight is 515 g/mol. The molecule has 2 heterocycles. The molecule has 6 nitrogen and oxygen atoms in total. The molecular weight excluding hydrogens is 496 g/mol. The molecule has 9 heteroatoms. The first-order valence-corrected chi connectivity index (χ1v) is 12.2. The Labute approximate surface area is 196 Å². The van der Waals surface area contributed by atoms with Crippen molar-refractivity contribution in [1.82, 2.24) is 20.1 Å². The largest absolute Gasteiger partial charge is 0.356 e. The van der Waals surface area contributed by atoms with Crippen molar-refractivity contribution < 1.29 is 9.59 Å². The van der Waals surface area contributed by atoms with Gasteiger partial charge in [0.1, 0.15) is 5.82 Å². The first-order chi connectivity index (χ1) is 15.0. The average Bonchev–Trinajstić information content (AvgIpc) is 3.37. The van der Waals surface area contributed by atoms with E-state index in [0.29, 0.717) is 23.0 Å². The second-order valence-electron chi connectivity index (χ2n) is 6.78. The van der Waals surface area contributed by atoms with Gasteiger partial charge in [-0.25, -0.2) is 0 Å². The summed E-state index contributed by atoms with van der Waals surface area (Å²) in [5, 5.41) is 14.4. The zero-order valence-corrected chi connectivity index (χ0v) is 19.9. The van der Waals surface area contributed by atoms with Crippen molar-refractivity contribution in [2.24, 2.45) is 0 Å². The first-order valence-electron chi connectivity index (χ1n) is 9.61. The first kappa shape index (κ1) is 21.7. The van der Waals surface area contributed by atoms with Gasteiger partial charge >= 0.3 is 0 Å². The molecule has 0 radical (unpaired) electrons. The van der Waals surface area contributed by atoms with Crippen molar-refractivity contribution in [3.8, 4) is 5.69 Å². The van der Waals surface area contributed by atoms with Crippen LogP contribution in [0.25, 0.3) is 16.5 Å². The van der Waals surface area contributed by atoms with E-state index < -0.39 is 0 Å². The molecule has 4 aromatic rings. The maximum absolute atomic E-state index is 12.6. The standard InChI is InChI=1S/C22H19BrN4O2S2/c1-14(28)24-12-11-21-25-26-22(30-13-18(29)19-9-10-20(23)31-19)27(21)17-8-4-6-15-5-2-3-7-16(15)17/h2-10H,11-13H2,1H3,(H,24,28). The number of aromatic nitrogens is 3. The maximum atomic E-state index is 12.6. The molecular formula is C22H19BrN4O2S2. The predicted molar refractivity (Wildman–Crippen MR) is 128 cm³/mol. The molecule has 31 heavy (non-hydrogen) atoms. The van der Waals surface area contributed by atoms with Crippen molar-refractivity contribution in [1.29, 1.82) is 0 Å². The van der Waals surface area contributed by atoms with E-state index >= 15 is 0 Å². The molecule has 0 unspecified atom stereocenters. The summed E-state index contributed by atoms with van der Waals surface area (Å²) in [5.74, 6) is 0.965. The number of thioether (sulfide) groups is 1. The minimum absolute atomic E-state index is 0.0490. The van der Waals surface area contributed by atoms with Gasteiger partial charge in [-0.15, -0.1) is 21.5 Å². The van der Waals surface area contributed by atoms with Gasteiger partial charge in [0, 0.05) is 25.3 Å². The van der Waals surface area contributed by atoms with Crippen LogP contribution in [-0.4, -0.2) is 38.8 Å². The number of thiophene rings is 1. The van der Waals surface area contributed by atoms with Crippen molar-refractivity contribution in [3.05, 3.63) is 69.1 Å². The van der Waals surface area contributed by atoms with Crippen LogP contribution in [0.2, 0.25) is 0 Å². The number of carbonyl (C=O) groups excluding carboxylic acids is 2. The highest BCUT2D eigenvalue weighted by Gasteiger charge is 2.18. The molecule has 0 aliphatic carbocycles. The quantitative estimate of drug-likeness (QED) is 0.267. The zero-order valence-electron chi connectivity index (χ0n) is 16.7. The molecule has 0 atom stereocenters. The third kappa shape index (κ3) is 5.06. The number of carbonyl (C=O) groups is 2. The van der Waals surface area contributed by atoms with Gasteiger partial charge in [-0.3, -0.25) is 14.2 Å². The van der Waals surface area contributed by atoms with Gasteiger partial charge < -0.3 is 5.32 Å². The van der Waals surface area contributed by atoms with Crippen LogP contribution in [0.15, 0.2) is 63.5 Å². The number of benzene rings is 2. The van der Waals surface area contributed by atoms with E-state index in [1.165, 1.54) is 30.0 Å². The fraction of sp³-hybridized carbons (Fsp3) is 0.182. The van der Waals surface area contributed by atoms with Crippen LogP contribution in [0.5, 0.6) is 0 Å². The number of rotatable bonds is 8. The summed E-state index contributed by atoms with van der Waals surface area (Å²) >= 11 is 6.19.